The van der Waals surface area contributed by atoms with Gasteiger partial charge in [-0.1, -0.05) is 26.8 Å². The summed E-state index contributed by atoms with van der Waals surface area (Å²) < 4.78 is 11.5. The first-order chi connectivity index (χ1) is 12.0. The highest BCUT2D eigenvalue weighted by molar-refractivity contribution is 5.97. The molecule has 0 bridgehead atoms. The molecule has 0 aliphatic carbocycles. The van der Waals surface area contributed by atoms with Crippen LogP contribution in [0.4, 0.5) is 5.69 Å². The van der Waals surface area contributed by atoms with E-state index < -0.39 is 6.10 Å². The number of ether oxygens (including phenoxy) is 1. The third kappa shape index (κ3) is 3.85. The fourth-order valence-corrected chi connectivity index (χ4v) is 2.73. The van der Waals surface area contributed by atoms with Gasteiger partial charge in [0.1, 0.15) is 11.5 Å². The molecule has 6 nitrogen and oxygen atoms in total. The molecule has 0 saturated carbocycles. The van der Waals surface area contributed by atoms with E-state index in [1.165, 1.54) is 0 Å². The number of rotatable bonds is 6. The summed E-state index contributed by atoms with van der Waals surface area (Å²) in [5.41, 5.74) is 1.81. The van der Waals surface area contributed by atoms with Crippen molar-refractivity contribution >= 4 is 11.6 Å². The van der Waals surface area contributed by atoms with Crippen LogP contribution >= 0.6 is 0 Å². The SMILES string of the molecule is CCC1Oc2cc(C(C)NCc3ncc(C(C)C)o3)ccc2NC1=O. The predicted octanol–water partition coefficient (Wildman–Crippen LogP) is 3.76. The van der Waals surface area contributed by atoms with Gasteiger partial charge in [0.25, 0.3) is 5.91 Å². The van der Waals surface area contributed by atoms with Crippen LogP contribution in [0.1, 0.15) is 63.3 Å². The Morgan fingerprint density at radius 2 is 2.12 bits per heavy atom. The number of aromatic nitrogens is 1. The van der Waals surface area contributed by atoms with E-state index >= 15 is 0 Å². The first kappa shape index (κ1) is 17.5. The Hall–Kier alpha value is -2.34. The van der Waals surface area contributed by atoms with Gasteiger partial charge in [0, 0.05) is 12.0 Å². The molecule has 1 aromatic carbocycles. The van der Waals surface area contributed by atoms with E-state index in [-0.39, 0.29) is 11.9 Å². The second-order valence-electron chi connectivity index (χ2n) is 6.67. The van der Waals surface area contributed by atoms with Crippen molar-refractivity contribution in [2.24, 2.45) is 0 Å². The molecule has 0 fully saturated rings. The number of amides is 1. The van der Waals surface area contributed by atoms with Gasteiger partial charge in [-0.2, -0.15) is 0 Å². The molecule has 3 rings (SSSR count). The van der Waals surface area contributed by atoms with Crippen molar-refractivity contribution in [2.45, 2.75) is 58.7 Å². The molecule has 1 aliphatic heterocycles. The number of hydrogen-bond acceptors (Lipinski definition) is 5. The third-order valence-electron chi connectivity index (χ3n) is 4.40. The Kier molecular flexibility index (Phi) is 5.08. The van der Waals surface area contributed by atoms with Gasteiger partial charge in [0.05, 0.1) is 18.4 Å². The lowest BCUT2D eigenvalue weighted by atomic mass is 10.1. The van der Waals surface area contributed by atoms with Crippen molar-refractivity contribution in [3.63, 3.8) is 0 Å². The Bertz CT molecular complexity index is 754. The molecule has 0 radical (unpaired) electrons. The Morgan fingerprint density at radius 1 is 1.32 bits per heavy atom. The lowest BCUT2D eigenvalue weighted by molar-refractivity contribution is -0.123. The van der Waals surface area contributed by atoms with Gasteiger partial charge in [-0.3, -0.25) is 4.79 Å². The lowest BCUT2D eigenvalue weighted by Gasteiger charge is -2.26. The van der Waals surface area contributed by atoms with E-state index in [4.69, 9.17) is 9.15 Å². The molecule has 0 saturated heterocycles. The highest BCUT2D eigenvalue weighted by atomic mass is 16.5. The van der Waals surface area contributed by atoms with Crippen LogP contribution in [0.2, 0.25) is 0 Å². The number of anilines is 1. The van der Waals surface area contributed by atoms with Crippen LogP contribution in [0, 0.1) is 0 Å². The Balaban J connectivity index is 1.66. The molecule has 134 valence electrons. The number of nitrogens with one attached hydrogen (secondary N) is 2. The summed E-state index contributed by atoms with van der Waals surface area (Å²) >= 11 is 0. The highest BCUT2D eigenvalue weighted by Crippen LogP contribution is 2.33. The summed E-state index contributed by atoms with van der Waals surface area (Å²) in [5.74, 6) is 2.55. The Labute approximate surface area is 148 Å². The average Bonchev–Trinajstić information content (AvgIpc) is 3.08. The van der Waals surface area contributed by atoms with Gasteiger partial charge >= 0.3 is 0 Å². The van der Waals surface area contributed by atoms with E-state index in [0.717, 1.165) is 22.8 Å². The second-order valence-corrected chi connectivity index (χ2v) is 6.67. The zero-order valence-electron chi connectivity index (χ0n) is 15.1. The minimum Gasteiger partial charge on any atom is -0.478 e. The van der Waals surface area contributed by atoms with Gasteiger partial charge in [-0.25, -0.2) is 4.98 Å². The minimum absolute atomic E-state index is 0.0845. The second kappa shape index (κ2) is 7.27. The number of carbonyl (C=O) groups is 1. The molecular weight excluding hydrogens is 318 g/mol. The van der Waals surface area contributed by atoms with Crippen molar-refractivity contribution in [1.82, 2.24) is 10.3 Å². The molecule has 2 aromatic rings. The van der Waals surface area contributed by atoms with Gasteiger partial charge < -0.3 is 19.8 Å². The highest BCUT2D eigenvalue weighted by Gasteiger charge is 2.26. The van der Waals surface area contributed by atoms with Crippen molar-refractivity contribution in [2.75, 3.05) is 5.32 Å². The number of carbonyl (C=O) groups excluding carboxylic acids is 1. The zero-order valence-corrected chi connectivity index (χ0v) is 15.1. The largest absolute Gasteiger partial charge is 0.478 e. The van der Waals surface area contributed by atoms with Crippen molar-refractivity contribution < 1.29 is 13.9 Å². The van der Waals surface area contributed by atoms with Crippen LogP contribution in [-0.4, -0.2) is 17.0 Å². The summed E-state index contributed by atoms with van der Waals surface area (Å²) in [6.45, 7) is 8.73. The monoisotopic (exact) mass is 343 g/mol. The van der Waals surface area contributed by atoms with Crippen LogP contribution in [0.5, 0.6) is 5.75 Å². The van der Waals surface area contributed by atoms with Gasteiger partial charge in [0.2, 0.25) is 5.89 Å². The maximum atomic E-state index is 11.9. The van der Waals surface area contributed by atoms with Crippen molar-refractivity contribution in [3.05, 3.63) is 41.6 Å². The fourth-order valence-electron chi connectivity index (χ4n) is 2.73. The summed E-state index contributed by atoms with van der Waals surface area (Å²) in [4.78, 5) is 16.2. The predicted molar refractivity (Wildman–Crippen MR) is 95.6 cm³/mol. The number of oxazole rings is 1. The number of benzene rings is 1. The van der Waals surface area contributed by atoms with Gasteiger partial charge in [-0.05, 0) is 31.0 Å². The van der Waals surface area contributed by atoms with E-state index in [1.54, 1.807) is 6.20 Å². The maximum absolute atomic E-state index is 11.9. The first-order valence-electron chi connectivity index (χ1n) is 8.77. The smallest absolute Gasteiger partial charge is 0.265 e. The molecule has 2 atom stereocenters. The molecule has 1 aliphatic rings. The topological polar surface area (TPSA) is 76.4 Å². The summed E-state index contributed by atoms with van der Waals surface area (Å²) in [7, 11) is 0. The third-order valence-corrected chi connectivity index (χ3v) is 4.40. The van der Waals surface area contributed by atoms with Crippen molar-refractivity contribution in [3.8, 4) is 5.75 Å². The summed E-state index contributed by atoms with van der Waals surface area (Å²) in [5, 5.41) is 6.30. The molecule has 2 N–H and O–H groups in total. The normalized spacial score (nSPS) is 17.8. The van der Waals surface area contributed by atoms with Crippen molar-refractivity contribution in [1.29, 1.82) is 0 Å². The van der Waals surface area contributed by atoms with E-state index in [9.17, 15) is 4.79 Å². The molecule has 1 amide bonds. The van der Waals surface area contributed by atoms with Crippen LogP contribution in [0.3, 0.4) is 0 Å². The van der Waals surface area contributed by atoms with Gasteiger partial charge in [0.15, 0.2) is 6.10 Å². The molecular formula is C19H25N3O3. The zero-order chi connectivity index (χ0) is 18.0. The van der Waals surface area contributed by atoms with E-state index in [2.05, 4.69) is 36.4 Å². The van der Waals surface area contributed by atoms with Gasteiger partial charge in [-0.15, -0.1) is 0 Å². The summed E-state index contributed by atoms with van der Waals surface area (Å²) in [6.07, 6.45) is 2.01. The quantitative estimate of drug-likeness (QED) is 0.835. The standard InChI is InChI=1S/C19H25N3O3/c1-5-15-19(23)22-14-7-6-13(8-16(14)24-15)12(4)20-10-18-21-9-17(25-18)11(2)3/h6-9,11-12,15,20H,5,10H2,1-4H3,(H,22,23). The van der Waals surface area contributed by atoms with E-state index in [0.29, 0.717) is 24.8 Å². The van der Waals surface area contributed by atoms with Crippen LogP contribution in [0.15, 0.2) is 28.8 Å². The fraction of sp³-hybridized carbons (Fsp3) is 0.474. The molecule has 2 heterocycles. The first-order valence-corrected chi connectivity index (χ1v) is 8.77. The van der Waals surface area contributed by atoms with Crippen LogP contribution in [-0.2, 0) is 11.3 Å². The molecule has 2 unspecified atom stereocenters. The number of nitrogens with zero attached hydrogens (tertiary/aromatic N) is 1. The molecule has 6 heteroatoms. The maximum Gasteiger partial charge on any atom is 0.265 e. The lowest BCUT2D eigenvalue weighted by Crippen LogP contribution is -2.36. The minimum atomic E-state index is -0.423. The van der Waals surface area contributed by atoms with Crippen LogP contribution < -0.4 is 15.4 Å². The van der Waals surface area contributed by atoms with E-state index in [1.807, 2.05) is 25.1 Å². The summed E-state index contributed by atoms with van der Waals surface area (Å²) in [6, 6.07) is 5.95. The average molecular weight is 343 g/mol. The molecule has 25 heavy (non-hydrogen) atoms. The Morgan fingerprint density at radius 3 is 2.80 bits per heavy atom. The number of fused-ring (bicyclic) bond motifs is 1. The number of hydrogen-bond donors (Lipinski definition) is 2. The molecule has 0 spiro atoms. The molecule has 1 aromatic heterocycles. The van der Waals surface area contributed by atoms with Crippen LogP contribution in [0.25, 0.3) is 0 Å².